The van der Waals surface area contributed by atoms with Crippen LogP contribution in [-0.2, 0) is 20.6 Å². The monoisotopic (exact) mass is 278 g/mol. The van der Waals surface area contributed by atoms with Crippen molar-refractivity contribution in [1.82, 2.24) is 19.4 Å². The Morgan fingerprint density at radius 3 is 2.75 bits per heavy atom. The van der Waals surface area contributed by atoms with Crippen LogP contribution in [0.4, 0.5) is 0 Å². The van der Waals surface area contributed by atoms with E-state index in [0.29, 0.717) is 12.0 Å². The van der Waals surface area contributed by atoms with Gasteiger partial charge in [0.05, 0.1) is 0 Å². The van der Waals surface area contributed by atoms with E-state index in [0.717, 1.165) is 36.4 Å². The molecule has 2 fully saturated rings. The quantitative estimate of drug-likeness (QED) is 0.775. The number of nitrogens with zero attached hydrogens (tertiary/aromatic N) is 3. The van der Waals surface area contributed by atoms with E-state index in [2.05, 4.69) is 10.2 Å². The Balaban J connectivity index is 1.79. The van der Waals surface area contributed by atoms with Gasteiger partial charge in [0, 0.05) is 45.5 Å². The molecule has 1 aromatic rings. The second-order valence-electron chi connectivity index (χ2n) is 6.26. The second kappa shape index (κ2) is 4.86. The predicted molar refractivity (Wildman–Crippen MR) is 76.7 cm³/mol. The molecule has 110 valence electrons. The highest BCUT2D eigenvalue weighted by Gasteiger charge is 2.40. The van der Waals surface area contributed by atoms with Crippen molar-refractivity contribution >= 4 is 0 Å². The van der Waals surface area contributed by atoms with Crippen molar-refractivity contribution < 1.29 is 0 Å². The number of likely N-dealkylation sites (tertiary alicyclic amines) is 1. The van der Waals surface area contributed by atoms with Gasteiger partial charge in [0.2, 0.25) is 0 Å². The molecule has 1 aromatic heterocycles. The lowest BCUT2D eigenvalue weighted by molar-refractivity contribution is 0.263. The van der Waals surface area contributed by atoms with Crippen molar-refractivity contribution in [3.05, 3.63) is 32.6 Å². The van der Waals surface area contributed by atoms with Crippen molar-refractivity contribution in [2.45, 2.75) is 19.4 Å². The molecule has 2 aliphatic rings. The van der Waals surface area contributed by atoms with Crippen LogP contribution in [-0.4, -0.2) is 40.2 Å². The third kappa shape index (κ3) is 2.23. The second-order valence-corrected chi connectivity index (χ2v) is 6.26. The molecular formula is C14H22N4O2. The minimum atomic E-state index is -0.246. The van der Waals surface area contributed by atoms with Gasteiger partial charge in [-0.25, -0.2) is 4.79 Å². The standard InChI is InChI=1S/C14H22N4O2/c1-16-11(7-12(19)17(2)13(16)20)8-18-6-4-14(10-18)3-5-15-9-14/h7,15H,3-6,8-10H2,1-2H3. The Labute approximate surface area is 118 Å². The summed E-state index contributed by atoms with van der Waals surface area (Å²) in [6.07, 6.45) is 2.44. The molecule has 2 aliphatic heterocycles. The molecule has 0 saturated carbocycles. The molecule has 6 nitrogen and oxygen atoms in total. The largest absolute Gasteiger partial charge is 0.330 e. The van der Waals surface area contributed by atoms with E-state index in [1.54, 1.807) is 17.7 Å². The van der Waals surface area contributed by atoms with Gasteiger partial charge in [-0.2, -0.15) is 0 Å². The number of nitrogens with one attached hydrogen (secondary N) is 1. The molecule has 20 heavy (non-hydrogen) atoms. The summed E-state index contributed by atoms with van der Waals surface area (Å²) >= 11 is 0. The van der Waals surface area contributed by atoms with E-state index >= 15 is 0 Å². The SMILES string of the molecule is Cn1c(CN2CCC3(CCNC3)C2)cc(=O)n(C)c1=O. The topological polar surface area (TPSA) is 59.3 Å². The van der Waals surface area contributed by atoms with E-state index < -0.39 is 0 Å². The summed E-state index contributed by atoms with van der Waals surface area (Å²) in [6, 6.07) is 1.58. The van der Waals surface area contributed by atoms with Crippen LogP contribution in [0.25, 0.3) is 0 Å². The molecule has 1 unspecified atom stereocenters. The fraction of sp³-hybridized carbons (Fsp3) is 0.714. The zero-order valence-corrected chi connectivity index (χ0v) is 12.2. The third-order valence-electron chi connectivity index (χ3n) is 4.86. The first kappa shape index (κ1) is 13.6. The van der Waals surface area contributed by atoms with Crippen molar-refractivity contribution in [3.8, 4) is 0 Å². The van der Waals surface area contributed by atoms with Gasteiger partial charge in [-0.15, -0.1) is 0 Å². The molecule has 0 amide bonds. The predicted octanol–water partition coefficient (Wildman–Crippen LogP) is -0.731. The summed E-state index contributed by atoms with van der Waals surface area (Å²) < 4.78 is 2.73. The van der Waals surface area contributed by atoms with Gasteiger partial charge in [-0.3, -0.25) is 18.8 Å². The van der Waals surface area contributed by atoms with Gasteiger partial charge in [0.25, 0.3) is 5.56 Å². The number of aromatic nitrogens is 2. The average Bonchev–Trinajstić information content (AvgIpc) is 3.04. The zero-order valence-electron chi connectivity index (χ0n) is 12.2. The number of rotatable bonds is 2. The summed E-state index contributed by atoms with van der Waals surface area (Å²) in [7, 11) is 3.25. The molecule has 1 atom stereocenters. The summed E-state index contributed by atoms with van der Waals surface area (Å²) in [4.78, 5) is 26.1. The number of hydrogen-bond donors (Lipinski definition) is 1. The van der Waals surface area contributed by atoms with Crippen molar-refractivity contribution in [3.63, 3.8) is 0 Å². The first-order valence-electron chi connectivity index (χ1n) is 7.20. The van der Waals surface area contributed by atoms with Crippen molar-refractivity contribution in [2.75, 3.05) is 26.2 Å². The van der Waals surface area contributed by atoms with E-state index in [9.17, 15) is 9.59 Å². The van der Waals surface area contributed by atoms with Crippen LogP contribution >= 0.6 is 0 Å². The summed E-state index contributed by atoms with van der Waals surface area (Å²) in [5.41, 5.74) is 0.753. The first-order chi connectivity index (χ1) is 9.51. The van der Waals surface area contributed by atoms with Gasteiger partial charge in [-0.05, 0) is 31.3 Å². The minimum Gasteiger partial charge on any atom is -0.316 e. The Morgan fingerprint density at radius 1 is 1.25 bits per heavy atom. The smallest absolute Gasteiger partial charge is 0.316 e. The maximum absolute atomic E-state index is 11.9. The molecule has 0 aromatic carbocycles. The molecule has 6 heteroatoms. The molecule has 1 N–H and O–H groups in total. The van der Waals surface area contributed by atoms with Crippen molar-refractivity contribution in [1.29, 1.82) is 0 Å². The molecule has 0 bridgehead atoms. The van der Waals surface area contributed by atoms with E-state index in [1.165, 1.54) is 19.9 Å². The van der Waals surface area contributed by atoms with Crippen LogP contribution in [0.3, 0.4) is 0 Å². The van der Waals surface area contributed by atoms with Gasteiger partial charge in [-0.1, -0.05) is 0 Å². The zero-order chi connectivity index (χ0) is 14.3. The van der Waals surface area contributed by atoms with Crippen molar-refractivity contribution in [2.24, 2.45) is 19.5 Å². The Morgan fingerprint density at radius 2 is 2.05 bits per heavy atom. The van der Waals surface area contributed by atoms with Crippen LogP contribution in [0, 0.1) is 5.41 Å². The highest BCUT2D eigenvalue weighted by molar-refractivity contribution is 5.04. The molecule has 3 heterocycles. The summed E-state index contributed by atoms with van der Waals surface area (Å²) in [5, 5.41) is 3.44. The van der Waals surface area contributed by atoms with E-state index in [1.807, 2.05) is 0 Å². The molecule has 0 radical (unpaired) electrons. The molecule has 1 spiro atoms. The summed E-state index contributed by atoms with van der Waals surface area (Å²) in [5.74, 6) is 0. The molecule has 3 rings (SSSR count). The third-order valence-corrected chi connectivity index (χ3v) is 4.86. The summed E-state index contributed by atoms with van der Waals surface area (Å²) in [6.45, 7) is 5.00. The molecular weight excluding hydrogens is 256 g/mol. The maximum Gasteiger partial charge on any atom is 0.330 e. The van der Waals surface area contributed by atoms with Crippen LogP contribution in [0.2, 0.25) is 0 Å². The average molecular weight is 278 g/mol. The lowest BCUT2D eigenvalue weighted by Crippen LogP contribution is -2.39. The Kier molecular flexibility index (Phi) is 3.30. The molecule has 0 aliphatic carbocycles. The fourth-order valence-corrected chi connectivity index (χ4v) is 3.47. The van der Waals surface area contributed by atoms with Crippen LogP contribution in [0.15, 0.2) is 15.7 Å². The highest BCUT2D eigenvalue weighted by atomic mass is 16.2. The lowest BCUT2D eigenvalue weighted by atomic mass is 9.87. The minimum absolute atomic E-state index is 0.223. The van der Waals surface area contributed by atoms with Gasteiger partial charge < -0.3 is 5.32 Å². The van der Waals surface area contributed by atoms with Gasteiger partial charge >= 0.3 is 5.69 Å². The fourth-order valence-electron chi connectivity index (χ4n) is 3.47. The van der Waals surface area contributed by atoms with E-state index in [-0.39, 0.29) is 11.2 Å². The van der Waals surface area contributed by atoms with Gasteiger partial charge in [0.1, 0.15) is 0 Å². The van der Waals surface area contributed by atoms with Crippen LogP contribution in [0.1, 0.15) is 18.5 Å². The highest BCUT2D eigenvalue weighted by Crippen LogP contribution is 2.36. The normalized spacial score (nSPS) is 26.7. The lowest BCUT2D eigenvalue weighted by Gasteiger charge is -2.23. The Hall–Kier alpha value is -1.40. The maximum atomic E-state index is 11.9. The van der Waals surface area contributed by atoms with Crippen LogP contribution < -0.4 is 16.6 Å². The Bertz CT molecular complexity index is 625. The van der Waals surface area contributed by atoms with Gasteiger partial charge in [0.15, 0.2) is 0 Å². The van der Waals surface area contributed by atoms with Crippen LogP contribution in [0.5, 0.6) is 0 Å². The number of hydrogen-bond acceptors (Lipinski definition) is 4. The van der Waals surface area contributed by atoms with E-state index in [4.69, 9.17) is 0 Å². The molecule has 2 saturated heterocycles. The first-order valence-corrected chi connectivity index (χ1v) is 7.20.